The standard InChI is InChI=1S/C17H25FN4O/c1-19-11-12-6-8-22(9-7-12)17(23)16-10-15(20-21-16)13-2-4-14(18)5-3-13/h2-5,12,15-16,19-21H,6-11H2,1H3. The molecule has 2 atom stereocenters. The van der Waals surface area contributed by atoms with Gasteiger partial charge in [-0.25, -0.2) is 15.2 Å². The second-order valence-corrected chi connectivity index (χ2v) is 6.51. The zero-order valence-corrected chi connectivity index (χ0v) is 13.5. The number of carbonyl (C=O) groups excluding carboxylic acids is 1. The Balaban J connectivity index is 1.52. The van der Waals surface area contributed by atoms with Gasteiger partial charge in [0.05, 0.1) is 0 Å². The monoisotopic (exact) mass is 320 g/mol. The Hall–Kier alpha value is -1.50. The summed E-state index contributed by atoms with van der Waals surface area (Å²) in [6.07, 6.45) is 2.82. The Bertz CT molecular complexity index is 528. The van der Waals surface area contributed by atoms with Gasteiger partial charge in [-0.15, -0.1) is 0 Å². The van der Waals surface area contributed by atoms with Crippen LogP contribution in [-0.4, -0.2) is 43.5 Å². The lowest BCUT2D eigenvalue weighted by Gasteiger charge is -2.33. The van der Waals surface area contributed by atoms with E-state index in [9.17, 15) is 9.18 Å². The van der Waals surface area contributed by atoms with Crippen molar-refractivity contribution in [2.75, 3.05) is 26.7 Å². The molecule has 2 aliphatic heterocycles. The maximum Gasteiger partial charge on any atom is 0.241 e. The van der Waals surface area contributed by atoms with E-state index >= 15 is 0 Å². The van der Waals surface area contributed by atoms with Crippen LogP contribution in [0.25, 0.3) is 0 Å². The number of nitrogens with zero attached hydrogens (tertiary/aromatic N) is 1. The van der Waals surface area contributed by atoms with Crippen molar-refractivity contribution >= 4 is 5.91 Å². The highest BCUT2D eigenvalue weighted by Gasteiger charge is 2.34. The number of rotatable bonds is 4. The number of amides is 1. The van der Waals surface area contributed by atoms with Gasteiger partial charge in [-0.3, -0.25) is 4.79 Å². The van der Waals surface area contributed by atoms with Crippen molar-refractivity contribution in [2.24, 2.45) is 5.92 Å². The van der Waals surface area contributed by atoms with Crippen molar-refractivity contribution in [2.45, 2.75) is 31.3 Å². The number of hydrazine groups is 1. The average Bonchev–Trinajstić information content (AvgIpc) is 3.06. The molecule has 0 radical (unpaired) electrons. The predicted octanol–water partition coefficient (Wildman–Crippen LogP) is 1.19. The van der Waals surface area contributed by atoms with Crippen LogP contribution in [0.3, 0.4) is 0 Å². The minimum absolute atomic E-state index is 0.0476. The minimum atomic E-state index is -0.239. The van der Waals surface area contributed by atoms with E-state index in [0.717, 1.165) is 38.0 Å². The molecule has 2 unspecified atom stereocenters. The van der Waals surface area contributed by atoms with Gasteiger partial charge in [-0.1, -0.05) is 12.1 Å². The van der Waals surface area contributed by atoms with Crippen molar-refractivity contribution in [3.8, 4) is 0 Å². The Morgan fingerprint density at radius 3 is 2.61 bits per heavy atom. The first kappa shape index (κ1) is 16.4. The molecule has 0 aromatic heterocycles. The maximum atomic E-state index is 13.0. The first-order valence-electron chi connectivity index (χ1n) is 8.37. The molecule has 0 saturated carbocycles. The first-order chi connectivity index (χ1) is 11.2. The number of halogens is 1. The third-order valence-electron chi connectivity index (χ3n) is 4.89. The van der Waals surface area contributed by atoms with Gasteiger partial charge in [0.2, 0.25) is 5.91 Å². The van der Waals surface area contributed by atoms with E-state index in [0.29, 0.717) is 12.3 Å². The number of carbonyl (C=O) groups is 1. The molecular weight excluding hydrogens is 295 g/mol. The van der Waals surface area contributed by atoms with Crippen molar-refractivity contribution in [1.82, 2.24) is 21.1 Å². The summed E-state index contributed by atoms with van der Waals surface area (Å²) >= 11 is 0. The molecule has 0 spiro atoms. The van der Waals surface area contributed by atoms with Crippen LogP contribution in [0.15, 0.2) is 24.3 Å². The van der Waals surface area contributed by atoms with E-state index in [4.69, 9.17) is 0 Å². The maximum absolute atomic E-state index is 13.0. The molecule has 2 fully saturated rings. The zero-order valence-electron chi connectivity index (χ0n) is 13.5. The second-order valence-electron chi connectivity index (χ2n) is 6.51. The number of likely N-dealkylation sites (tertiary alicyclic amines) is 1. The van der Waals surface area contributed by atoms with Crippen LogP contribution in [0, 0.1) is 11.7 Å². The quantitative estimate of drug-likeness (QED) is 0.780. The van der Waals surface area contributed by atoms with Gasteiger partial charge in [0.25, 0.3) is 0 Å². The minimum Gasteiger partial charge on any atom is -0.341 e. The van der Waals surface area contributed by atoms with Crippen LogP contribution in [0.2, 0.25) is 0 Å². The highest BCUT2D eigenvalue weighted by molar-refractivity contribution is 5.82. The summed E-state index contributed by atoms with van der Waals surface area (Å²) in [6.45, 7) is 2.70. The normalized spacial score (nSPS) is 25.7. The zero-order chi connectivity index (χ0) is 16.2. The van der Waals surface area contributed by atoms with Crippen molar-refractivity contribution < 1.29 is 9.18 Å². The van der Waals surface area contributed by atoms with E-state index < -0.39 is 0 Å². The molecule has 126 valence electrons. The largest absolute Gasteiger partial charge is 0.341 e. The fraction of sp³-hybridized carbons (Fsp3) is 0.588. The summed E-state index contributed by atoms with van der Waals surface area (Å²) < 4.78 is 13.0. The molecular formula is C17H25FN4O. The predicted molar refractivity (Wildman–Crippen MR) is 87.0 cm³/mol. The van der Waals surface area contributed by atoms with Crippen LogP contribution in [0.4, 0.5) is 4.39 Å². The fourth-order valence-corrected chi connectivity index (χ4v) is 3.50. The molecule has 23 heavy (non-hydrogen) atoms. The smallest absolute Gasteiger partial charge is 0.241 e. The van der Waals surface area contributed by atoms with Crippen molar-refractivity contribution in [1.29, 1.82) is 0 Å². The Labute approximate surface area is 136 Å². The molecule has 2 saturated heterocycles. The second kappa shape index (κ2) is 7.38. The number of nitrogens with one attached hydrogen (secondary N) is 3. The fourth-order valence-electron chi connectivity index (χ4n) is 3.50. The summed E-state index contributed by atoms with van der Waals surface area (Å²) in [7, 11) is 1.97. The highest BCUT2D eigenvalue weighted by Crippen LogP contribution is 2.25. The summed E-state index contributed by atoms with van der Waals surface area (Å²) in [5, 5.41) is 3.21. The number of piperidine rings is 1. The summed E-state index contributed by atoms with van der Waals surface area (Å²) in [6, 6.07) is 6.30. The molecule has 5 nitrogen and oxygen atoms in total. The van der Waals surface area contributed by atoms with E-state index in [1.807, 2.05) is 11.9 Å². The van der Waals surface area contributed by atoms with E-state index in [1.54, 1.807) is 12.1 Å². The van der Waals surface area contributed by atoms with E-state index in [2.05, 4.69) is 16.2 Å². The molecule has 3 rings (SSSR count). The SMILES string of the molecule is CNCC1CCN(C(=O)C2CC(c3ccc(F)cc3)NN2)CC1. The van der Waals surface area contributed by atoms with Crippen molar-refractivity contribution in [3.05, 3.63) is 35.6 Å². The summed E-state index contributed by atoms with van der Waals surface area (Å²) in [5.74, 6) is 0.604. The van der Waals surface area contributed by atoms with Crippen LogP contribution in [-0.2, 0) is 4.79 Å². The lowest BCUT2D eigenvalue weighted by Crippen LogP contribution is -2.49. The molecule has 6 heteroatoms. The number of hydrogen-bond acceptors (Lipinski definition) is 4. The third-order valence-corrected chi connectivity index (χ3v) is 4.89. The highest BCUT2D eigenvalue weighted by atomic mass is 19.1. The molecule has 1 amide bonds. The Kier molecular flexibility index (Phi) is 5.25. The topological polar surface area (TPSA) is 56.4 Å². The average molecular weight is 320 g/mol. The van der Waals surface area contributed by atoms with Crippen LogP contribution in [0.5, 0.6) is 0 Å². The lowest BCUT2D eigenvalue weighted by atomic mass is 9.95. The third kappa shape index (κ3) is 3.88. The molecule has 0 aliphatic carbocycles. The van der Waals surface area contributed by atoms with Gasteiger partial charge >= 0.3 is 0 Å². The first-order valence-corrected chi connectivity index (χ1v) is 8.37. The van der Waals surface area contributed by atoms with Gasteiger partial charge in [0, 0.05) is 19.1 Å². The van der Waals surface area contributed by atoms with Crippen LogP contribution in [0.1, 0.15) is 30.9 Å². The van der Waals surface area contributed by atoms with Crippen LogP contribution >= 0.6 is 0 Å². The molecule has 1 aromatic carbocycles. The van der Waals surface area contributed by atoms with Gasteiger partial charge in [0.15, 0.2) is 0 Å². The van der Waals surface area contributed by atoms with Gasteiger partial charge in [-0.2, -0.15) is 0 Å². The van der Waals surface area contributed by atoms with Gasteiger partial charge in [-0.05, 0) is 56.5 Å². The number of hydrogen-bond donors (Lipinski definition) is 3. The summed E-state index contributed by atoms with van der Waals surface area (Å²) in [4.78, 5) is 14.6. The molecule has 2 aliphatic rings. The lowest BCUT2D eigenvalue weighted by molar-refractivity contribution is -0.134. The van der Waals surface area contributed by atoms with Crippen molar-refractivity contribution in [3.63, 3.8) is 0 Å². The molecule has 0 bridgehead atoms. The van der Waals surface area contributed by atoms with E-state index in [1.165, 1.54) is 12.1 Å². The van der Waals surface area contributed by atoms with Gasteiger partial charge < -0.3 is 10.2 Å². The molecule has 3 N–H and O–H groups in total. The molecule has 1 aromatic rings. The Morgan fingerprint density at radius 2 is 1.96 bits per heavy atom. The molecule has 2 heterocycles. The summed E-state index contributed by atoms with van der Waals surface area (Å²) in [5.41, 5.74) is 7.27. The van der Waals surface area contributed by atoms with E-state index in [-0.39, 0.29) is 23.8 Å². The number of benzene rings is 1. The van der Waals surface area contributed by atoms with Crippen LogP contribution < -0.4 is 16.2 Å². The Morgan fingerprint density at radius 1 is 1.26 bits per heavy atom. The van der Waals surface area contributed by atoms with Gasteiger partial charge in [0.1, 0.15) is 11.9 Å².